The molecule has 10 heteroatoms. The third-order valence-corrected chi connectivity index (χ3v) is 12.4. The average Bonchev–Trinajstić information content (AvgIpc) is 2.93. The summed E-state index contributed by atoms with van der Waals surface area (Å²) >= 11 is 0. The molecule has 9 nitrogen and oxygen atoms in total. The summed E-state index contributed by atoms with van der Waals surface area (Å²) in [6.45, 7) is 16.1. The molecule has 224 valence electrons. The van der Waals surface area contributed by atoms with E-state index in [2.05, 4.69) is 68.3 Å². The number of carbonyl (C=O) groups is 1. The molecule has 0 unspecified atom stereocenters. The zero-order chi connectivity index (χ0) is 30.4. The Morgan fingerprint density at radius 3 is 2.44 bits per heavy atom. The van der Waals surface area contributed by atoms with Crippen LogP contribution in [0.25, 0.3) is 11.0 Å². The number of nitrogens with zero attached hydrogens (tertiary/aromatic N) is 2. The number of rotatable bonds is 14. The number of nitrogens with one attached hydrogen (secondary N) is 2. The number of aromatic carboxylic acids is 1. The van der Waals surface area contributed by atoms with Crippen LogP contribution in [0.3, 0.4) is 0 Å². The minimum absolute atomic E-state index is 0.0405. The second-order valence-corrected chi connectivity index (χ2v) is 17.1. The van der Waals surface area contributed by atoms with Crippen LogP contribution in [0.15, 0.2) is 36.5 Å². The van der Waals surface area contributed by atoms with E-state index in [0.29, 0.717) is 41.4 Å². The predicted octanol–water partition coefficient (Wildman–Crippen LogP) is 7.34. The Morgan fingerprint density at radius 2 is 1.83 bits per heavy atom. The average molecular weight is 583 g/mol. The van der Waals surface area contributed by atoms with E-state index < -0.39 is 19.8 Å². The first-order valence-corrected chi connectivity index (χ1v) is 17.0. The summed E-state index contributed by atoms with van der Waals surface area (Å²) in [5, 5.41) is 17.4. The van der Waals surface area contributed by atoms with Gasteiger partial charge in [0.25, 0.3) is 0 Å². The molecule has 0 radical (unpaired) electrons. The third-order valence-electron chi connectivity index (χ3n) is 7.96. The number of benzene rings is 1. The van der Waals surface area contributed by atoms with Crippen LogP contribution in [0, 0.1) is 0 Å². The number of carboxylic acids is 1. The van der Waals surface area contributed by atoms with Crippen molar-refractivity contribution in [1.29, 1.82) is 0 Å². The van der Waals surface area contributed by atoms with Gasteiger partial charge in [-0.2, -0.15) is 0 Å². The molecular weight excluding hydrogens is 536 g/mol. The molecule has 3 rings (SSSR count). The monoisotopic (exact) mass is 582 g/mol. The first kappa shape index (κ1) is 32.1. The fourth-order valence-electron chi connectivity index (χ4n) is 4.32. The largest absolute Gasteiger partial charge is 0.497 e. The highest BCUT2D eigenvalue weighted by Crippen LogP contribution is 2.39. The summed E-state index contributed by atoms with van der Waals surface area (Å²) in [7, 11) is 1.13. The fraction of sp³-hybridized carbons (Fsp3) is 0.516. The van der Waals surface area contributed by atoms with Gasteiger partial charge in [0, 0.05) is 24.4 Å². The first-order chi connectivity index (χ1) is 19.2. The number of unbranched alkanes of at least 4 members (excludes halogenated alkanes) is 1. The van der Waals surface area contributed by atoms with Gasteiger partial charge in [-0.05, 0) is 55.7 Å². The van der Waals surface area contributed by atoms with Crippen molar-refractivity contribution in [2.45, 2.75) is 84.1 Å². The van der Waals surface area contributed by atoms with E-state index in [9.17, 15) is 9.90 Å². The van der Waals surface area contributed by atoms with E-state index in [-0.39, 0.29) is 16.4 Å². The SMILES string of the molecule is CCCC[C@](C)(CO[Si](C)(C)C(C)(C)C)Nc1c(C(=O)O)c(NCc2ccc(OC)cc2OC)nc2cccnc12. The number of aromatic nitrogens is 2. The number of hydrogen-bond acceptors (Lipinski definition) is 8. The van der Waals surface area contributed by atoms with Crippen molar-refractivity contribution in [3.8, 4) is 11.5 Å². The molecule has 2 aromatic heterocycles. The second kappa shape index (κ2) is 13.1. The molecule has 41 heavy (non-hydrogen) atoms. The van der Waals surface area contributed by atoms with Crippen molar-refractivity contribution >= 4 is 36.8 Å². The molecule has 0 aliphatic carbocycles. The Morgan fingerprint density at radius 1 is 1.10 bits per heavy atom. The highest BCUT2D eigenvalue weighted by Gasteiger charge is 2.40. The molecule has 0 fully saturated rings. The lowest BCUT2D eigenvalue weighted by molar-refractivity contribution is 0.0698. The molecule has 3 aromatic rings. The molecule has 0 aliphatic rings. The van der Waals surface area contributed by atoms with Gasteiger partial charge in [0.2, 0.25) is 0 Å². The molecule has 1 aromatic carbocycles. The highest BCUT2D eigenvalue weighted by atomic mass is 28.4. The molecule has 0 amide bonds. The summed E-state index contributed by atoms with van der Waals surface area (Å²) in [5.74, 6) is 0.454. The molecule has 2 heterocycles. The topological polar surface area (TPSA) is 115 Å². The maximum absolute atomic E-state index is 12.8. The summed E-state index contributed by atoms with van der Waals surface area (Å²) in [6, 6.07) is 9.15. The Hall–Kier alpha value is -3.37. The quantitative estimate of drug-likeness (QED) is 0.168. The van der Waals surface area contributed by atoms with E-state index in [4.69, 9.17) is 13.9 Å². The Bertz CT molecular complexity index is 1360. The number of hydrogen-bond donors (Lipinski definition) is 3. The number of methoxy groups -OCH3 is 2. The van der Waals surface area contributed by atoms with Crippen LogP contribution in [-0.2, 0) is 11.0 Å². The van der Waals surface area contributed by atoms with Gasteiger partial charge < -0.3 is 29.6 Å². The number of ether oxygens (including phenoxy) is 2. The van der Waals surface area contributed by atoms with Crippen LogP contribution < -0.4 is 20.1 Å². The number of carboxylic acid groups (broad SMARTS) is 1. The second-order valence-electron chi connectivity index (χ2n) is 12.3. The molecular formula is C31H46N4O5Si. The van der Waals surface area contributed by atoms with Crippen LogP contribution in [-0.4, -0.2) is 55.7 Å². The lowest BCUT2D eigenvalue weighted by Crippen LogP contribution is -2.48. The minimum atomic E-state index is -2.05. The number of pyridine rings is 2. The fourth-order valence-corrected chi connectivity index (χ4v) is 5.44. The molecule has 0 saturated carbocycles. The van der Waals surface area contributed by atoms with Gasteiger partial charge in [0.05, 0.1) is 37.6 Å². The van der Waals surface area contributed by atoms with E-state index in [0.717, 1.165) is 24.8 Å². The van der Waals surface area contributed by atoms with Gasteiger partial charge >= 0.3 is 5.97 Å². The van der Waals surface area contributed by atoms with E-state index in [1.807, 2.05) is 18.2 Å². The summed E-state index contributed by atoms with van der Waals surface area (Å²) in [5.41, 5.74) is 1.88. The lowest BCUT2D eigenvalue weighted by Gasteiger charge is -2.41. The highest BCUT2D eigenvalue weighted by molar-refractivity contribution is 6.74. The van der Waals surface area contributed by atoms with Crippen LogP contribution in [0.2, 0.25) is 18.1 Å². The van der Waals surface area contributed by atoms with Gasteiger partial charge in [-0.25, -0.2) is 9.78 Å². The summed E-state index contributed by atoms with van der Waals surface area (Å²) in [4.78, 5) is 22.1. The van der Waals surface area contributed by atoms with Gasteiger partial charge in [-0.3, -0.25) is 4.98 Å². The minimum Gasteiger partial charge on any atom is -0.497 e. The van der Waals surface area contributed by atoms with Crippen molar-refractivity contribution in [3.63, 3.8) is 0 Å². The number of fused-ring (bicyclic) bond motifs is 1. The van der Waals surface area contributed by atoms with Crippen LogP contribution >= 0.6 is 0 Å². The summed E-state index contributed by atoms with van der Waals surface area (Å²) < 4.78 is 17.5. The van der Waals surface area contributed by atoms with Crippen molar-refractivity contribution in [3.05, 3.63) is 47.7 Å². The van der Waals surface area contributed by atoms with Crippen molar-refractivity contribution < 1.29 is 23.8 Å². The molecule has 0 spiro atoms. The Labute approximate surface area is 245 Å². The van der Waals surface area contributed by atoms with Crippen LogP contribution in [0.4, 0.5) is 11.5 Å². The zero-order valence-corrected chi connectivity index (χ0v) is 27.0. The van der Waals surface area contributed by atoms with E-state index in [1.54, 1.807) is 32.5 Å². The van der Waals surface area contributed by atoms with Gasteiger partial charge in [-0.1, -0.05) is 40.5 Å². The molecule has 0 bridgehead atoms. The molecule has 1 atom stereocenters. The van der Waals surface area contributed by atoms with Crippen molar-refractivity contribution in [1.82, 2.24) is 9.97 Å². The Balaban J connectivity index is 2.07. The third kappa shape index (κ3) is 7.68. The summed E-state index contributed by atoms with van der Waals surface area (Å²) in [6.07, 6.45) is 4.44. The smallest absolute Gasteiger partial charge is 0.341 e. The molecule has 3 N–H and O–H groups in total. The van der Waals surface area contributed by atoms with Crippen molar-refractivity contribution in [2.75, 3.05) is 31.5 Å². The Kier molecular flexibility index (Phi) is 10.3. The zero-order valence-electron chi connectivity index (χ0n) is 26.0. The van der Waals surface area contributed by atoms with Crippen LogP contribution in [0.5, 0.6) is 11.5 Å². The van der Waals surface area contributed by atoms with E-state index >= 15 is 0 Å². The van der Waals surface area contributed by atoms with E-state index in [1.165, 1.54) is 0 Å². The van der Waals surface area contributed by atoms with Gasteiger partial charge in [0.1, 0.15) is 28.4 Å². The van der Waals surface area contributed by atoms with Crippen molar-refractivity contribution in [2.24, 2.45) is 0 Å². The number of anilines is 2. The van der Waals surface area contributed by atoms with Crippen LogP contribution in [0.1, 0.15) is 69.8 Å². The lowest BCUT2D eigenvalue weighted by atomic mass is 9.94. The normalized spacial score (nSPS) is 13.5. The first-order valence-electron chi connectivity index (χ1n) is 14.1. The molecule has 0 aliphatic heterocycles. The predicted molar refractivity (Wildman–Crippen MR) is 168 cm³/mol. The maximum atomic E-state index is 12.8. The molecule has 0 saturated heterocycles. The van der Waals surface area contributed by atoms with Gasteiger partial charge in [-0.15, -0.1) is 0 Å². The maximum Gasteiger partial charge on any atom is 0.341 e. The van der Waals surface area contributed by atoms with Gasteiger partial charge in [0.15, 0.2) is 8.32 Å². The standard InChI is InChI=1S/C31H46N4O5Si/c1-10-11-16-31(5,20-40-41(8,9)30(2,3)4)35-27-25(29(36)37)28(34-23-13-12-17-32-26(23)27)33-19-21-14-15-22(38-6)18-24(21)39-7/h12-15,17-18H,10-11,16,19-20H2,1-9H3,(H,36,37)(H2,33,34,35)/t31-/m1/s1.